The van der Waals surface area contributed by atoms with Gasteiger partial charge >= 0.3 is 0 Å². The maximum Gasteiger partial charge on any atom is 0.226 e. The van der Waals surface area contributed by atoms with Crippen LogP contribution in [0.1, 0.15) is 40.0 Å². The fourth-order valence-corrected chi connectivity index (χ4v) is 2.09. The summed E-state index contributed by atoms with van der Waals surface area (Å²) in [4.78, 5) is 8.88. The first-order valence-electron chi connectivity index (χ1n) is 7.39. The summed E-state index contributed by atoms with van der Waals surface area (Å²) in [5.74, 6) is 2.26. The summed E-state index contributed by atoms with van der Waals surface area (Å²) in [6, 6.07) is 0. The van der Waals surface area contributed by atoms with Crippen molar-refractivity contribution in [1.82, 2.24) is 20.2 Å². The van der Waals surface area contributed by atoms with Gasteiger partial charge < -0.3 is 10.6 Å². The number of aromatic amines is 1. The highest BCUT2D eigenvalue weighted by atomic mass is 15.2. The lowest BCUT2D eigenvalue weighted by Crippen LogP contribution is -2.08. The highest BCUT2D eigenvalue weighted by molar-refractivity contribution is 5.86. The van der Waals surface area contributed by atoms with Crippen LogP contribution in [0.5, 0.6) is 0 Å². The van der Waals surface area contributed by atoms with Crippen LogP contribution in [0.3, 0.4) is 0 Å². The predicted octanol–water partition coefficient (Wildman–Crippen LogP) is 3.02. The third kappa shape index (κ3) is 3.82. The van der Waals surface area contributed by atoms with Gasteiger partial charge in [-0.1, -0.05) is 26.7 Å². The predicted molar refractivity (Wildman–Crippen MR) is 83.0 cm³/mol. The number of fused-ring (bicyclic) bond motifs is 1. The molecule has 110 valence electrons. The Labute approximate surface area is 119 Å². The lowest BCUT2D eigenvalue weighted by molar-refractivity contribution is 0.544. The van der Waals surface area contributed by atoms with E-state index >= 15 is 0 Å². The fourth-order valence-electron chi connectivity index (χ4n) is 2.09. The largest absolute Gasteiger partial charge is 0.369 e. The second kappa shape index (κ2) is 7.07. The number of hydrogen-bond donors (Lipinski definition) is 3. The zero-order valence-corrected chi connectivity index (χ0v) is 12.5. The molecule has 0 saturated heterocycles. The number of anilines is 2. The zero-order valence-electron chi connectivity index (χ0n) is 12.5. The SMILES string of the molecule is CCNc1nc(NCCCCC(C)C)c2cn[nH]c2n1. The molecule has 0 spiro atoms. The first kappa shape index (κ1) is 14.6. The van der Waals surface area contributed by atoms with E-state index < -0.39 is 0 Å². The molecule has 20 heavy (non-hydrogen) atoms. The number of aromatic nitrogens is 4. The molecule has 2 heterocycles. The van der Waals surface area contributed by atoms with E-state index in [1.54, 1.807) is 6.20 Å². The summed E-state index contributed by atoms with van der Waals surface area (Å²) in [5, 5.41) is 14.4. The molecule has 0 aliphatic carbocycles. The van der Waals surface area contributed by atoms with Crippen molar-refractivity contribution in [1.29, 1.82) is 0 Å². The van der Waals surface area contributed by atoms with Gasteiger partial charge in [0.25, 0.3) is 0 Å². The van der Waals surface area contributed by atoms with E-state index in [1.165, 1.54) is 12.8 Å². The Bertz CT molecular complexity index is 533. The van der Waals surface area contributed by atoms with Crippen molar-refractivity contribution >= 4 is 22.8 Å². The Morgan fingerprint density at radius 1 is 1.20 bits per heavy atom. The molecule has 0 bridgehead atoms. The smallest absolute Gasteiger partial charge is 0.226 e. The second-order valence-corrected chi connectivity index (χ2v) is 5.37. The van der Waals surface area contributed by atoms with Crippen molar-refractivity contribution in [2.75, 3.05) is 23.7 Å². The average molecular weight is 276 g/mol. The van der Waals surface area contributed by atoms with Gasteiger partial charge in [0.15, 0.2) is 5.65 Å². The molecule has 0 amide bonds. The molecule has 3 N–H and O–H groups in total. The molecule has 2 aromatic heterocycles. The van der Waals surface area contributed by atoms with Crippen LogP contribution in [0.25, 0.3) is 11.0 Å². The van der Waals surface area contributed by atoms with Crippen molar-refractivity contribution in [2.24, 2.45) is 5.92 Å². The number of H-pyrrole nitrogens is 1. The maximum atomic E-state index is 4.50. The summed E-state index contributed by atoms with van der Waals surface area (Å²) in [6.07, 6.45) is 5.43. The summed E-state index contributed by atoms with van der Waals surface area (Å²) >= 11 is 0. The van der Waals surface area contributed by atoms with Gasteiger partial charge in [0.2, 0.25) is 5.95 Å². The van der Waals surface area contributed by atoms with Gasteiger partial charge in [-0.2, -0.15) is 15.1 Å². The molecule has 2 rings (SSSR count). The minimum absolute atomic E-state index is 0.633. The Morgan fingerprint density at radius 3 is 2.80 bits per heavy atom. The van der Waals surface area contributed by atoms with E-state index in [0.717, 1.165) is 42.3 Å². The molecule has 6 heteroatoms. The standard InChI is InChI=1S/C14H24N6/c1-4-15-14-18-12(11-9-17-20-13(11)19-14)16-8-6-5-7-10(2)3/h9-10H,4-8H2,1-3H3,(H3,15,16,17,18,19,20). The topological polar surface area (TPSA) is 78.5 Å². The number of nitrogens with one attached hydrogen (secondary N) is 3. The Morgan fingerprint density at radius 2 is 2.05 bits per heavy atom. The highest BCUT2D eigenvalue weighted by Gasteiger charge is 2.08. The van der Waals surface area contributed by atoms with Gasteiger partial charge in [0.1, 0.15) is 5.82 Å². The van der Waals surface area contributed by atoms with Gasteiger partial charge in [0, 0.05) is 13.1 Å². The quantitative estimate of drug-likeness (QED) is 0.646. The molecule has 2 aromatic rings. The van der Waals surface area contributed by atoms with E-state index in [1.807, 2.05) is 6.92 Å². The van der Waals surface area contributed by atoms with Crippen molar-refractivity contribution in [2.45, 2.75) is 40.0 Å². The molecule has 0 aliphatic rings. The van der Waals surface area contributed by atoms with Crippen LogP contribution in [0.15, 0.2) is 6.20 Å². The number of unbranched alkanes of at least 4 members (excludes halogenated alkanes) is 1. The Kier molecular flexibility index (Phi) is 5.15. The lowest BCUT2D eigenvalue weighted by atomic mass is 10.1. The van der Waals surface area contributed by atoms with Crippen LogP contribution in [0, 0.1) is 5.92 Å². The Hall–Kier alpha value is -1.85. The molecule has 0 aliphatic heterocycles. The monoisotopic (exact) mass is 276 g/mol. The summed E-state index contributed by atoms with van der Waals surface area (Å²) in [5.41, 5.74) is 0.764. The molecule has 0 atom stereocenters. The molecule has 0 unspecified atom stereocenters. The van der Waals surface area contributed by atoms with E-state index in [0.29, 0.717) is 5.95 Å². The average Bonchev–Trinajstić information content (AvgIpc) is 2.86. The highest BCUT2D eigenvalue weighted by Crippen LogP contribution is 2.20. The van der Waals surface area contributed by atoms with Crippen LogP contribution in [0.4, 0.5) is 11.8 Å². The molecule has 0 aromatic carbocycles. The van der Waals surface area contributed by atoms with Crippen LogP contribution in [0.2, 0.25) is 0 Å². The van der Waals surface area contributed by atoms with Crippen LogP contribution in [-0.4, -0.2) is 33.3 Å². The second-order valence-electron chi connectivity index (χ2n) is 5.37. The first-order chi connectivity index (χ1) is 9.70. The minimum Gasteiger partial charge on any atom is -0.369 e. The number of rotatable bonds is 8. The van der Waals surface area contributed by atoms with Gasteiger partial charge in [-0.25, -0.2) is 0 Å². The van der Waals surface area contributed by atoms with E-state index in [9.17, 15) is 0 Å². The van der Waals surface area contributed by atoms with Gasteiger partial charge in [0.05, 0.1) is 11.6 Å². The fraction of sp³-hybridized carbons (Fsp3) is 0.643. The van der Waals surface area contributed by atoms with E-state index in [2.05, 4.69) is 44.6 Å². The van der Waals surface area contributed by atoms with E-state index in [-0.39, 0.29) is 0 Å². The van der Waals surface area contributed by atoms with Crippen molar-refractivity contribution in [3.8, 4) is 0 Å². The van der Waals surface area contributed by atoms with Crippen molar-refractivity contribution < 1.29 is 0 Å². The van der Waals surface area contributed by atoms with Crippen molar-refractivity contribution in [3.63, 3.8) is 0 Å². The zero-order chi connectivity index (χ0) is 14.4. The lowest BCUT2D eigenvalue weighted by Gasteiger charge is -2.09. The number of hydrogen-bond acceptors (Lipinski definition) is 5. The molecule has 0 fully saturated rings. The summed E-state index contributed by atoms with van der Waals surface area (Å²) < 4.78 is 0. The Balaban J connectivity index is 1.98. The third-order valence-corrected chi connectivity index (χ3v) is 3.15. The minimum atomic E-state index is 0.633. The summed E-state index contributed by atoms with van der Waals surface area (Å²) in [6.45, 7) is 8.27. The van der Waals surface area contributed by atoms with Crippen LogP contribution >= 0.6 is 0 Å². The van der Waals surface area contributed by atoms with E-state index in [4.69, 9.17) is 0 Å². The van der Waals surface area contributed by atoms with Crippen LogP contribution < -0.4 is 10.6 Å². The number of nitrogens with zero attached hydrogens (tertiary/aromatic N) is 3. The first-order valence-corrected chi connectivity index (χ1v) is 7.39. The third-order valence-electron chi connectivity index (χ3n) is 3.15. The summed E-state index contributed by atoms with van der Waals surface area (Å²) in [7, 11) is 0. The normalized spacial score (nSPS) is 11.2. The molecular formula is C14H24N6. The van der Waals surface area contributed by atoms with Gasteiger partial charge in [-0.05, 0) is 19.3 Å². The molecule has 0 radical (unpaired) electrons. The van der Waals surface area contributed by atoms with Crippen molar-refractivity contribution in [3.05, 3.63) is 6.20 Å². The molecular weight excluding hydrogens is 252 g/mol. The van der Waals surface area contributed by atoms with Gasteiger partial charge in [-0.3, -0.25) is 5.10 Å². The molecule has 0 saturated carbocycles. The molecule has 6 nitrogen and oxygen atoms in total. The van der Waals surface area contributed by atoms with Crippen LogP contribution in [-0.2, 0) is 0 Å². The van der Waals surface area contributed by atoms with Gasteiger partial charge in [-0.15, -0.1) is 0 Å². The maximum absolute atomic E-state index is 4.50.